The Morgan fingerprint density at radius 1 is 1.19 bits per heavy atom. The lowest BCUT2D eigenvalue weighted by Gasteiger charge is -2.10. The fourth-order valence-electron chi connectivity index (χ4n) is 2.89. The molecular formula is C18H16ClN5O2. The topological polar surface area (TPSA) is 78.7 Å². The Morgan fingerprint density at radius 3 is 2.81 bits per heavy atom. The zero-order chi connectivity index (χ0) is 18.1. The molecule has 0 amide bonds. The van der Waals surface area contributed by atoms with E-state index in [9.17, 15) is 4.79 Å². The molecule has 0 aliphatic carbocycles. The summed E-state index contributed by atoms with van der Waals surface area (Å²) in [6.45, 7) is 2.71. The van der Waals surface area contributed by atoms with Gasteiger partial charge in [0.25, 0.3) is 5.56 Å². The predicted octanol–water partition coefficient (Wildman–Crippen LogP) is 2.89. The van der Waals surface area contributed by atoms with Crippen LogP contribution in [0.1, 0.15) is 24.1 Å². The molecule has 4 aromatic rings. The van der Waals surface area contributed by atoms with Gasteiger partial charge in [-0.1, -0.05) is 35.9 Å². The van der Waals surface area contributed by atoms with E-state index in [4.69, 9.17) is 16.0 Å². The van der Waals surface area contributed by atoms with Crippen molar-refractivity contribution in [1.29, 1.82) is 0 Å². The van der Waals surface area contributed by atoms with Crippen LogP contribution in [0.25, 0.3) is 11.2 Å². The highest BCUT2D eigenvalue weighted by atomic mass is 35.5. The molecule has 0 radical (unpaired) electrons. The van der Waals surface area contributed by atoms with Crippen molar-refractivity contribution in [2.75, 3.05) is 0 Å². The SMILES string of the molecule is CCc1nc2c(nnn2Cc2cccc(Cl)c2)c(=O)n1Cc1ccco1. The summed E-state index contributed by atoms with van der Waals surface area (Å²) in [7, 11) is 0. The molecule has 0 spiro atoms. The number of nitrogens with zero attached hydrogens (tertiary/aromatic N) is 5. The highest BCUT2D eigenvalue weighted by molar-refractivity contribution is 6.30. The average Bonchev–Trinajstić information content (AvgIpc) is 3.27. The van der Waals surface area contributed by atoms with Crippen LogP contribution >= 0.6 is 11.6 Å². The number of halogens is 1. The lowest BCUT2D eigenvalue weighted by molar-refractivity contribution is 0.483. The molecule has 4 rings (SSSR count). The van der Waals surface area contributed by atoms with E-state index in [1.54, 1.807) is 21.6 Å². The van der Waals surface area contributed by atoms with Crippen molar-refractivity contribution in [3.05, 3.63) is 75.2 Å². The minimum Gasteiger partial charge on any atom is -0.467 e. The summed E-state index contributed by atoms with van der Waals surface area (Å²) in [6, 6.07) is 11.1. The van der Waals surface area contributed by atoms with Crippen molar-refractivity contribution in [1.82, 2.24) is 24.5 Å². The normalized spacial score (nSPS) is 11.3. The zero-order valence-corrected chi connectivity index (χ0v) is 14.8. The van der Waals surface area contributed by atoms with E-state index in [0.717, 1.165) is 5.56 Å². The molecule has 8 heteroatoms. The first kappa shape index (κ1) is 16.5. The van der Waals surface area contributed by atoms with Gasteiger partial charge in [-0.05, 0) is 29.8 Å². The minimum absolute atomic E-state index is 0.222. The number of hydrogen-bond donors (Lipinski definition) is 0. The number of hydrogen-bond acceptors (Lipinski definition) is 5. The molecule has 0 aliphatic heterocycles. The second kappa shape index (κ2) is 6.76. The molecular weight excluding hydrogens is 354 g/mol. The molecule has 1 aromatic carbocycles. The van der Waals surface area contributed by atoms with E-state index in [2.05, 4.69) is 15.3 Å². The summed E-state index contributed by atoms with van der Waals surface area (Å²) < 4.78 is 8.56. The first-order valence-corrected chi connectivity index (χ1v) is 8.63. The van der Waals surface area contributed by atoms with E-state index >= 15 is 0 Å². The Kier molecular flexibility index (Phi) is 4.30. The van der Waals surface area contributed by atoms with Crippen LogP contribution in [0.3, 0.4) is 0 Å². The van der Waals surface area contributed by atoms with Gasteiger partial charge in [0.05, 0.1) is 19.4 Å². The quantitative estimate of drug-likeness (QED) is 0.540. The van der Waals surface area contributed by atoms with Crippen LogP contribution in [0.15, 0.2) is 51.9 Å². The van der Waals surface area contributed by atoms with E-state index < -0.39 is 0 Å². The van der Waals surface area contributed by atoms with Crippen molar-refractivity contribution < 1.29 is 4.42 Å². The molecule has 7 nitrogen and oxygen atoms in total. The number of rotatable bonds is 5. The van der Waals surface area contributed by atoms with Gasteiger partial charge < -0.3 is 4.42 Å². The van der Waals surface area contributed by atoms with Crippen LogP contribution in [0.2, 0.25) is 5.02 Å². The highest BCUT2D eigenvalue weighted by Crippen LogP contribution is 2.14. The maximum atomic E-state index is 12.9. The van der Waals surface area contributed by atoms with Crippen LogP contribution < -0.4 is 5.56 Å². The Labute approximate surface area is 153 Å². The van der Waals surface area contributed by atoms with Crippen LogP contribution in [-0.2, 0) is 19.5 Å². The molecule has 26 heavy (non-hydrogen) atoms. The molecule has 3 heterocycles. The molecule has 0 saturated heterocycles. The summed E-state index contributed by atoms with van der Waals surface area (Å²) in [5.41, 5.74) is 1.46. The smallest absolute Gasteiger partial charge is 0.284 e. The summed E-state index contributed by atoms with van der Waals surface area (Å²) in [5, 5.41) is 8.82. The average molecular weight is 370 g/mol. The Bertz CT molecular complexity index is 1110. The van der Waals surface area contributed by atoms with Crippen molar-refractivity contribution in [2.45, 2.75) is 26.4 Å². The van der Waals surface area contributed by atoms with Gasteiger partial charge in [-0.2, -0.15) is 0 Å². The van der Waals surface area contributed by atoms with Crippen molar-refractivity contribution in [2.24, 2.45) is 0 Å². The van der Waals surface area contributed by atoms with Crippen LogP contribution in [-0.4, -0.2) is 24.5 Å². The lowest BCUT2D eigenvalue weighted by Crippen LogP contribution is -2.26. The van der Waals surface area contributed by atoms with E-state index in [0.29, 0.717) is 41.8 Å². The van der Waals surface area contributed by atoms with Gasteiger partial charge in [0, 0.05) is 11.4 Å². The lowest BCUT2D eigenvalue weighted by atomic mass is 10.2. The molecule has 0 N–H and O–H groups in total. The van der Waals surface area contributed by atoms with Crippen molar-refractivity contribution in [3.8, 4) is 0 Å². The monoisotopic (exact) mass is 369 g/mol. The van der Waals surface area contributed by atoms with Crippen molar-refractivity contribution in [3.63, 3.8) is 0 Å². The van der Waals surface area contributed by atoms with E-state index in [1.165, 1.54) is 0 Å². The standard InChI is InChI=1S/C18H16ClN5O2/c1-2-15-20-17-16(18(25)23(15)11-14-7-4-8-26-14)21-22-24(17)10-12-5-3-6-13(19)9-12/h3-9H,2,10-11H2,1H3. The fraction of sp³-hybridized carbons (Fsp3) is 0.222. The van der Waals surface area contributed by atoms with Gasteiger partial charge in [0.1, 0.15) is 11.6 Å². The maximum absolute atomic E-state index is 12.9. The number of benzene rings is 1. The van der Waals surface area contributed by atoms with Gasteiger partial charge in [-0.3, -0.25) is 9.36 Å². The van der Waals surface area contributed by atoms with Crippen LogP contribution in [0, 0.1) is 0 Å². The molecule has 0 bridgehead atoms. The summed E-state index contributed by atoms with van der Waals surface area (Å²) >= 11 is 6.04. The summed E-state index contributed by atoms with van der Waals surface area (Å²) in [5.74, 6) is 1.35. The Morgan fingerprint density at radius 2 is 2.08 bits per heavy atom. The molecule has 0 aliphatic rings. The zero-order valence-electron chi connectivity index (χ0n) is 14.1. The second-order valence-corrected chi connectivity index (χ2v) is 6.34. The first-order chi connectivity index (χ1) is 12.7. The van der Waals surface area contributed by atoms with Gasteiger partial charge in [-0.15, -0.1) is 5.10 Å². The van der Waals surface area contributed by atoms with Gasteiger partial charge in [0.15, 0.2) is 11.2 Å². The highest BCUT2D eigenvalue weighted by Gasteiger charge is 2.17. The predicted molar refractivity (Wildman–Crippen MR) is 97.3 cm³/mol. The van der Waals surface area contributed by atoms with Gasteiger partial charge >= 0.3 is 0 Å². The molecule has 0 atom stereocenters. The fourth-order valence-corrected chi connectivity index (χ4v) is 3.10. The summed E-state index contributed by atoms with van der Waals surface area (Å²) in [6.07, 6.45) is 2.19. The number of aryl methyl sites for hydroxylation is 1. The van der Waals surface area contributed by atoms with Gasteiger partial charge in [0.2, 0.25) is 0 Å². The number of fused-ring (bicyclic) bond motifs is 1. The molecule has 132 valence electrons. The van der Waals surface area contributed by atoms with Crippen LogP contribution in [0.5, 0.6) is 0 Å². The van der Waals surface area contributed by atoms with Crippen LogP contribution in [0.4, 0.5) is 0 Å². The Hall–Kier alpha value is -2.93. The third kappa shape index (κ3) is 3.01. The summed E-state index contributed by atoms with van der Waals surface area (Å²) in [4.78, 5) is 17.5. The maximum Gasteiger partial charge on any atom is 0.284 e. The number of furan rings is 1. The molecule has 0 unspecified atom stereocenters. The first-order valence-electron chi connectivity index (χ1n) is 8.25. The second-order valence-electron chi connectivity index (χ2n) is 5.90. The van der Waals surface area contributed by atoms with Crippen molar-refractivity contribution >= 4 is 22.8 Å². The number of aromatic nitrogens is 5. The third-order valence-electron chi connectivity index (χ3n) is 4.13. The Balaban J connectivity index is 1.78. The third-order valence-corrected chi connectivity index (χ3v) is 4.37. The molecule has 3 aromatic heterocycles. The minimum atomic E-state index is -0.222. The molecule has 0 saturated carbocycles. The van der Waals surface area contributed by atoms with E-state index in [1.807, 2.05) is 37.3 Å². The van der Waals surface area contributed by atoms with Gasteiger partial charge in [-0.25, -0.2) is 9.67 Å². The van der Waals surface area contributed by atoms with E-state index in [-0.39, 0.29) is 11.1 Å². The largest absolute Gasteiger partial charge is 0.467 e. The molecule has 0 fully saturated rings.